The summed E-state index contributed by atoms with van der Waals surface area (Å²) in [4.78, 5) is 8.77. The standard InChI is InChI=1S/C24H36Cl2F2N4O2/c1-5-18(21(31-16-25)11-6-7-13-34-14-12-29-3)23(30-4)32-17(2)19-9-8-10-20(22(19)26)24(27,28)15-33/h8-10,17,29,31,33H,4-7,11-16H2,1-3H3/b21-18-,32-23?. The molecule has 0 aromatic heterocycles. The van der Waals surface area contributed by atoms with E-state index in [9.17, 15) is 8.78 Å². The number of benzene rings is 1. The van der Waals surface area contributed by atoms with Gasteiger partial charge in [0.05, 0.1) is 23.7 Å². The molecule has 34 heavy (non-hydrogen) atoms. The van der Waals surface area contributed by atoms with Gasteiger partial charge < -0.3 is 20.5 Å². The molecule has 0 aliphatic heterocycles. The third-order valence-electron chi connectivity index (χ3n) is 5.27. The van der Waals surface area contributed by atoms with E-state index in [4.69, 9.17) is 33.0 Å². The van der Waals surface area contributed by atoms with Crippen molar-refractivity contribution in [2.24, 2.45) is 9.98 Å². The molecule has 0 fully saturated rings. The summed E-state index contributed by atoms with van der Waals surface area (Å²) >= 11 is 12.3. The van der Waals surface area contributed by atoms with Gasteiger partial charge in [-0.05, 0) is 51.9 Å². The van der Waals surface area contributed by atoms with E-state index in [-0.39, 0.29) is 11.0 Å². The fourth-order valence-corrected chi connectivity index (χ4v) is 4.01. The van der Waals surface area contributed by atoms with Gasteiger partial charge in [0.2, 0.25) is 0 Å². The number of hydrogen-bond acceptors (Lipinski definition) is 5. The van der Waals surface area contributed by atoms with Crippen molar-refractivity contribution in [1.82, 2.24) is 10.6 Å². The number of halogens is 4. The zero-order valence-corrected chi connectivity index (χ0v) is 21.7. The molecule has 3 N–H and O–H groups in total. The number of ether oxygens (including phenoxy) is 1. The van der Waals surface area contributed by atoms with Crippen LogP contribution < -0.4 is 10.6 Å². The van der Waals surface area contributed by atoms with E-state index in [1.807, 2.05) is 14.0 Å². The number of nitrogens with one attached hydrogen (secondary N) is 2. The molecular weight excluding hydrogens is 485 g/mol. The van der Waals surface area contributed by atoms with Crippen LogP contribution in [0.25, 0.3) is 0 Å². The Morgan fingerprint density at radius 3 is 2.62 bits per heavy atom. The highest BCUT2D eigenvalue weighted by Gasteiger charge is 2.34. The topological polar surface area (TPSA) is 78.2 Å². The van der Waals surface area contributed by atoms with Crippen molar-refractivity contribution in [2.45, 2.75) is 51.5 Å². The van der Waals surface area contributed by atoms with Crippen LogP contribution >= 0.6 is 23.2 Å². The lowest BCUT2D eigenvalue weighted by atomic mass is 10.0. The SMILES string of the molecule is C=NC(=NC(C)c1cccc(C(F)(F)CO)c1Cl)/C(CC)=C(/CCCCOCCNC)NCCl. The van der Waals surface area contributed by atoms with Crippen LogP contribution in [0.4, 0.5) is 8.78 Å². The molecule has 192 valence electrons. The Balaban J connectivity index is 3.15. The largest absolute Gasteiger partial charge is 0.390 e. The molecule has 0 aliphatic carbocycles. The van der Waals surface area contributed by atoms with Gasteiger partial charge in [-0.2, -0.15) is 8.78 Å². The number of amidine groups is 1. The summed E-state index contributed by atoms with van der Waals surface area (Å²) < 4.78 is 33.7. The van der Waals surface area contributed by atoms with E-state index in [0.29, 0.717) is 31.0 Å². The first-order chi connectivity index (χ1) is 16.3. The minimum absolute atomic E-state index is 0.124. The predicted octanol–water partition coefficient (Wildman–Crippen LogP) is 5.44. The highest BCUT2D eigenvalue weighted by atomic mass is 35.5. The summed E-state index contributed by atoms with van der Waals surface area (Å²) in [6.07, 6.45) is 3.12. The fourth-order valence-electron chi connectivity index (χ4n) is 3.42. The fraction of sp³-hybridized carbons (Fsp3) is 0.583. The van der Waals surface area contributed by atoms with Gasteiger partial charge >= 0.3 is 0 Å². The van der Waals surface area contributed by atoms with Gasteiger partial charge in [0.25, 0.3) is 5.92 Å². The molecule has 0 amide bonds. The number of rotatable bonds is 16. The number of aliphatic hydroxyl groups excluding tert-OH is 1. The van der Waals surface area contributed by atoms with Crippen molar-refractivity contribution in [3.8, 4) is 0 Å². The molecule has 1 atom stereocenters. The average molecular weight is 521 g/mol. The van der Waals surface area contributed by atoms with Crippen LogP contribution in [0.1, 0.15) is 56.7 Å². The number of alkyl halides is 3. The van der Waals surface area contributed by atoms with Crippen molar-refractivity contribution in [3.63, 3.8) is 0 Å². The minimum Gasteiger partial charge on any atom is -0.390 e. The Bertz CT molecular complexity index is 835. The predicted molar refractivity (Wildman–Crippen MR) is 138 cm³/mol. The van der Waals surface area contributed by atoms with Gasteiger partial charge in [0, 0.05) is 30.0 Å². The molecule has 0 heterocycles. The zero-order chi connectivity index (χ0) is 25.6. The molecule has 0 radical (unpaired) electrons. The van der Waals surface area contributed by atoms with Gasteiger partial charge in [0.1, 0.15) is 6.61 Å². The van der Waals surface area contributed by atoms with Crippen LogP contribution in [0.5, 0.6) is 0 Å². The van der Waals surface area contributed by atoms with Crippen LogP contribution in [-0.2, 0) is 10.7 Å². The second kappa shape index (κ2) is 16.2. The Kier molecular flexibility index (Phi) is 14.5. The number of likely N-dealkylation sites (N-methyl/N-ethyl adjacent to an activating group) is 1. The van der Waals surface area contributed by atoms with Gasteiger partial charge in [-0.3, -0.25) is 4.99 Å². The van der Waals surface area contributed by atoms with E-state index in [1.54, 1.807) is 13.0 Å². The maximum atomic E-state index is 14.1. The Hall–Kier alpha value is -1.58. The third kappa shape index (κ3) is 9.23. The second-order valence-corrected chi connectivity index (χ2v) is 8.30. The first-order valence-corrected chi connectivity index (χ1v) is 12.2. The van der Waals surface area contributed by atoms with Gasteiger partial charge in [0.15, 0.2) is 5.84 Å². The van der Waals surface area contributed by atoms with Crippen LogP contribution in [0.15, 0.2) is 39.5 Å². The number of aliphatic imine (C=N–C) groups is 2. The van der Waals surface area contributed by atoms with Gasteiger partial charge in [-0.25, -0.2) is 4.99 Å². The zero-order valence-electron chi connectivity index (χ0n) is 20.1. The first kappa shape index (κ1) is 30.5. The van der Waals surface area contributed by atoms with Crippen LogP contribution in [0.3, 0.4) is 0 Å². The van der Waals surface area contributed by atoms with Crippen molar-refractivity contribution in [3.05, 3.63) is 45.6 Å². The number of allylic oxidation sites excluding steroid dienone is 1. The highest BCUT2D eigenvalue weighted by Crippen LogP contribution is 2.37. The smallest absolute Gasteiger partial charge is 0.297 e. The van der Waals surface area contributed by atoms with Crippen LogP contribution in [-0.4, -0.2) is 57.1 Å². The van der Waals surface area contributed by atoms with Gasteiger partial charge in [-0.1, -0.05) is 36.7 Å². The number of unbranched alkanes of at least 4 members (excludes halogenated alkanes) is 1. The van der Waals surface area contributed by atoms with Crippen molar-refractivity contribution in [1.29, 1.82) is 0 Å². The number of hydrogen-bond donors (Lipinski definition) is 3. The lowest BCUT2D eigenvalue weighted by Gasteiger charge is -2.20. The van der Waals surface area contributed by atoms with Gasteiger partial charge in [-0.15, -0.1) is 11.6 Å². The minimum atomic E-state index is -3.45. The van der Waals surface area contributed by atoms with Crippen molar-refractivity contribution < 1.29 is 18.6 Å². The molecule has 10 heteroatoms. The summed E-state index contributed by atoms with van der Waals surface area (Å²) in [7, 11) is 1.88. The molecular formula is C24H36Cl2F2N4O2. The van der Waals surface area contributed by atoms with E-state index < -0.39 is 24.1 Å². The Labute approximate surface area is 211 Å². The van der Waals surface area contributed by atoms with Crippen molar-refractivity contribution >= 4 is 35.8 Å². The molecule has 1 unspecified atom stereocenters. The molecule has 0 aliphatic rings. The summed E-state index contributed by atoms with van der Waals surface area (Å²) in [6, 6.07) is 3.97. The molecule has 0 saturated carbocycles. The molecule has 1 aromatic carbocycles. The molecule has 0 bridgehead atoms. The van der Waals surface area contributed by atoms with E-state index in [1.165, 1.54) is 12.1 Å². The van der Waals surface area contributed by atoms with Crippen LogP contribution in [0, 0.1) is 0 Å². The molecule has 0 saturated heterocycles. The first-order valence-electron chi connectivity index (χ1n) is 11.3. The van der Waals surface area contributed by atoms with E-state index in [2.05, 4.69) is 27.3 Å². The number of aliphatic hydroxyl groups is 1. The summed E-state index contributed by atoms with van der Waals surface area (Å²) in [5.74, 6) is -3.04. The molecule has 1 aromatic rings. The average Bonchev–Trinajstić information content (AvgIpc) is 2.82. The lowest BCUT2D eigenvalue weighted by Crippen LogP contribution is -2.20. The maximum absolute atomic E-state index is 14.1. The molecule has 0 spiro atoms. The third-order valence-corrected chi connectivity index (χ3v) is 5.82. The van der Waals surface area contributed by atoms with E-state index in [0.717, 1.165) is 37.1 Å². The normalized spacial score (nSPS) is 14.1. The van der Waals surface area contributed by atoms with Crippen molar-refractivity contribution in [2.75, 3.05) is 39.4 Å². The summed E-state index contributed by atoms with van der Waals surface area (Å²) in [5, 5.41) is 15.2. The second-order valence-electron chi connectivity index (χ2n) is 7.65. The monoisotopic (exact) mass is 520 g/mol. The van der Waals surface area contributed by atoms with E-state index >= 15 is 0 Å². The quantitative estimate of drug-likeness (QED) is 0.0890. The highest BCUT2D eigenvalue weighted by molar-refractivity contribution is 6.32. The Morgan fingerprint density at radius 1 is 1.29 bits per heavy atom. The molecule has 1 rings (SSSR count). The number of nitrogens with zero attached hydrogens (tertiary/aromatic N) is 2. The molecule has 6 nitrogen and oxygen atoms in total. The summed E-state index contributed by atoms with van der Waals surface area (Å²) in [5.41, 5.74) is 1.75. The Morgan fingerprint density at radius 2 is 2.03 bits per heavy atom. The maximum Gasteiger partial charge on any atom is 0.297 e. The van der Waals surface area contributed by atoms with Crippen LogP contribution in [0.2, 0.25) is 5.02 Å². The summed E-state index contributed by atoms with van der Waals surface area (Å²) in [6.45, 7) is 8.21. The lowest BCUT2D eigenvalue weighted by molar-refractivity contribution is -0.0555.